The zero-order valence-corrected chi connectivity index (χ0v) is 19.0. The van der Waals surface area contributed by atoms with Crippen LogP contribution >= 0.6 is 11.8 Å². The van der Waals surface area contributed by atoms with Gasteiger partial charge in [-0.25, -0.2) is 0 Å². The first-order valence-corrected chi connectivity index (χ1v) is 11.1. The van der Waals surface area contributed by atoms with E-state index in [1.807, 2.05) is 32.3 Å². The minimum Gasteiger partial charge on any atom is -0.461 e. The number of anilines is 1. The van der Waals surface area contributed by atoms with E-state index in [2.05, 4.69) is 15.5 Å². The maximum absolute atomic E-state index is 13.3. The summed E-state index contributed by atoms with van der Waals surface area (Å²) in [5.41, 5.74) is -1.15. The van der Waals surface area contributed by atoms with Crippen LogP contribution in [0.3, 0.4) is 0 Å². The number of aromatic nitrogens is 3. The molecular formula is C22H25F3N4O2S. The van der Waals surface area contributed by atoms with Crippen LogP contribution in [-0.2, 0) is 17.5 Å². The number of furan rings is 1. The summed E-state index contributed by atoms with van der Waals surface area (Å²) in [6.45, 7) is 8.35. The van der Waals surface area contributed by atoms with Gasteiger partial charge < -0.3 is 9.73 Å². The standard InChI is InChI=1S/C22H25F3N4O2S/c1-13(2)12-29-19(17-10-7-11-31-17)27-28-21(29)32-18(14(3)4)20(30)26-16-9-6-5-8-15(16)22(23,24)25/h5-11,13-14,18H,12H2,1-4H3,(H,26,30). The van der Waals surface area contributed by atoms with Crippen LogP contribution in [0.25, 0.3) is 11.6 Å². The predicted molar refractivity (Wildman–Crippen MR) is 117 cm³/mol. The third-order valence-electron chi connectivity index (χ3n) is 4.59. The van der Waals surface area contributed by atoms with Crippen molar-refractivity contribution in [3.05, 3.63) is 48.2 Å². The number of carbonyl (C=O) groups is 1. The van der Waals surface area contributed by atoms with Crippen LogP contribution in [0.2, 0.25) is 0 Å². The van der Waals surface area contributed by atoms with E-state index in [4.69, 9.17) is 4.42 Å². The zero-order valence-electron chi connectivity index (χ0n) is 18.2. The summed E-state index contributed by atoms with van der Waals surface area (Å²) in [6.07, 6.45) is -3.03. The van der Waals surface area contributed by atoms with Crippen LogP contribution in [0.1, 0.15) is 33.3 Å². The molecule has 0 bridgehead atoms. The van der Waals surface area contributed by atoms with Gasteiger partial charge in [0, 0.05) is 6.54 Å². The van der Waals surface area contributed by atoms with Crippen molar-refractivity contribution >= 4 is 23.4 Å². The van der Waals surface area contributed by atoms with E-state index in [-0.39, 0.29) is 17.5 Å². The van der Waals surface area contributed by atoms with Crippen molar-refractivity contribution in [3.8, 4) is 11.6 Å². The van der Waals surface area contributed by atoms with Crippen molar-refractivity contribution in [2.24, 2.45) is 11.8 Å². The lowest BCUT2D eigenvalue weighted by molar-refractivity contribution is -0.137. The number of benzene rings is 1. The predicted octanol–water partition coefficient (Wildman–Crippen LogP) is 5.97. The molecule has 3 aromatic rings. The van der Waals surface area contributed by atoms with E-state index in [1.165, 1.54) is 30.0 Å². The molecule has 0 fully saturated rings. The molecule has 2 heterocycles. The van der Waals surface area contributed by atoms with Gasteiger partial charge in [0.1, 0.15) is 0 Å². The smallest absolute Gasteiger partial charge is 0.418 e. The molecule has 0 radical (unpaired) electrons. The maximum atomic E-state index is 13.3. The summed E-state index contributed by atoms with van der Waals surface area (Å²) >= 11 is 1.18. The molecule has 6 nitrogen and oxygen atoms in total. The molecule has 0 saturated heterocycles. The highest BCUT2D eigenvalue weighted by Gasteiger charge is 2.35. The Morgan fingerprint density at radius 3 is 2.44 bits per heavy atom. The fourth-order valence-corrected chi connectivity index (χ4v) is 4.18. The van der Waals surface area contributed by atoms with E-state index in [0.29, 0.717) is 23.3 Å². The highest BCUT2D eigenvalue weighted by atomic mass is 32.2. The molecule has 1 atom stereocenters. The fourth-order valence-electron chi connectivity index (χ4n) is 3.14. The van der Waals surface area contributed by atoms with Crippen LogP contribution in [0.15, 0.2) is 52.2 Å². The van der Waals surface area contributed by atoms with Gasteiger partial charge in [-0.15, -0.1) is 10.2 Å². The van der Waals surface area contributed by atoms with Gasteiger partial charge in [-0.2, -0.15) is 13.2 Å². The molecule has 172 valence electrons. The van der Waals surface area contributed by atoms with Gasteiger partial charge in [-0.3, -0.25) is 9.36 Å². The number of hydrogen-bond donors (Lipinski definition) is 1. The second kappa shape index (κ2) is 9.81. The summed E-state index contributed by atoms with van der Waals surface area (Å²) < 4.78 is 47.3. The van der Waals surface area contributed by atoms with Crippen molar-refractivity contribution in [3.63, 3.8) is 0 Å². The van der Waals surface area contributed by atoms with Gasteiger partial charge >= 0.3 is 6.18 Å². The van der Waals surface area contributed by atoms with Crippen molar-refractivity contribution in [1.29, 1.82) is 0 Å². The Morgan fingerprint density at radius 2 is 1.84 bits per heavy atom. The van der Waals surface area contributed by atoms with Crippen molar-refractivity contribution in [2.75, 3.05) is 5.32 Å². The highest BCUT2D eigenvalue weighted by Crippen LogP contribution is 2.36. The molecular weight excluding hydrogens is 441 g/mol. The van der Waals surface area contributed by atoms with Crippen LogP contribution in [0.4, 0.5) is 18.9 Å². The van der Waals surface area contributed by atoms with E-state index >= 15 is 0 Å². The molecule has 1 aromatic carbocycles. The van der Waals surface area contributed by atoms with Crippen molar-refractivity contribution in [1.82, 2.24) is 14.8 Å². The Balaban J connectivity index is 1.89. The first kappa shape index (κ1) is 23.9. The molecule has 32 heavy (non-hydrogen) atoms. The van der Waals surface area contributed by atoms with E-state index in [9.17, 15) is 18.0 Å². The molecule has 0 saturated carbocycles. The second-order valence-electron chi connectivity index (χ2n) is 8.10. The Kier molecular flexibility index (Phi) is 7.33. The Labute approximate surface area is 188 Å². The van der Waals surface area contributed by atoms with Gasteiger partial charge in [0.15, 0.2) is 16.7 Å². The van der Waals surface area contributed by atoms with Crippen LogP contribution < -0.4 is 5.32 Å². The van der Waals surface area contributed by atoms with Gasteiger partial charge in [0.2, 0.25) is 5.91 Å². The highest BCUT2D eigenvalue weighted by molar-refractivity contribution is 8.00. The summed E-state index contributed by atoms with van der Waals surface area (Å²) in [5, 5.41) is 10.8. The molecule has 0 aliphatic heterocycles. The molecule has 1 unspecified atom stereocenters. The Bertz CT molecular complexity index is 1050. The molecule has 10 heteroatoms. The monoisotopic (exact) mass is 466 g/mol. The van der Waals surface area contributed by atoms with Crippen LogP contribution in [0, 0.1) is 11.8 Å². The van der Waals surface area contributed by atoms with Gasteiger partial charge in [0.05, 0.1) is 22.8 Å². The largest absolute Gasteiger partial charge is 0.461 e. The average Bonchev–Trinajstić information content (AvgIpc) is 3.35. The molecule has 3 rings (SSSR count). The van der Waals surface area contributed by atoms with Gasteiger partial charge in [0.25, 0.3) is 0 Å². The first-order chi connectivity index (χ1) is 15.1. The summed E-state index contributed by atoms with van der Waals surface area (Å²) in [4.78, 5) is 13.0. The molecule has 2 aromatic heterocycles. The lowest BCUT2D eigenvalue weighted by Gasteiger charge is -2.21. The summed E-state index contributed by atoms with van der Waals surface area (Å²) in [7, 11) is 0. The number of nitrogens with zero attached hydrogens (tertiary/aromatic N) is 3. The minimum atomic E-state index is -4.57. The molecule has 1 N–H and O–H groups in total. The third kappa shape index (κ3) is 5.53. The Hall–Kier alpha value is -2.75. The van der Waals surface area contributed by atoms with Gasteiger partial charge in [-0.05, 0) is 36.1 Å². The van der Waals surface area contributed by atoms with E-state index in [1.54, 1.807) is 18.4 Å². The first-order valence-electron chi connectivity index (χ1n) is 10.2. The number of nitrogens with one attached hydrogen (secondary N) is 1. The number of carbonyl (C=O) groups excluding carboxylic acids is 1. The molecule has 0 aliphatic carbocycles. The van der Waals surface area contributed by atoms with E-state index in [0.717, 1.165) is 6.07 Å². The quantitative estimate of drug-likeness (QED) is 0.414. The lowest BCUT2D eigenvalue weighted by atomic mass is 10.1. The second-order valence-corrected chi connectivity index (χ2v) is 9.21. The number of amides is 1. The molecule has 1 amide bonds. The SMILES string of the molecule is CC(C)Cn1c(SC(C(=O)Nc2ccccc2C(F)(F)F)C(C)C)nnc1-c1ccco1. The van der Waals surface area contributed by atoms with Crippen LogP contribution in [0.5, 0.6) is 0 Å². The summed E-state index contributed by atoms with van der Waals surface area (Å²) in [5.74, 6) is 0.657. The fraction of sp³-hybridized carbons (Fsp3) is 0.409. The number of hydrogen-bond acceptors (Lipinski definition) is 5. The molecule has 0 aliphatic rings. The zero-order chi connectivity index (χ0) is 23.5. The maximum Gasteiger partial charge on any atom is 0.418 e. The summed E-state index contributed by atoms with van der Waals surface area (Å²) in [6, 6.07) is 8.46. The number of halogens is 3. The number of para-hydroxylation sites is 1. The van der Waals surface area contributed by atoms with Crippen molar-refractivity contribution in [2.45, 2.75) is 50.8 Å². The average molecular weight is 467 g/mol. The normalized spacial score (nSPS) is 13.0. The minimum absolute atomic E-state index is 0.172. The molecule has 0 spiro atoms. The lowest BCUT2D eigenvalue weighted by Crippen LogP contribution is -2.31. The third-order valence-corrected chi connectivity index (χ3v) is 6.12. The Morgan fingerprint density at radius 1 is 1.12 bits per heavy atom. The topological polar surface area (TPSA) is 73.0 Å². The number of thioether (sulfide) groups is 1. The van der Waals surface area contributed by atoms with Gasteiger partial charge in [-0.1, -0.05) is 51.6 Å². The number of rotatable bonds is 8. The van der Waals surface area contributed by atoms with E-state index < -0.39 is 22.9 Å². The number of alkyl halides is 3. The van der Waals surface area contributed by atoms with Crippen LogP contribution in [-0.4, -0.2) is 25.9 Å². The van der Waals surface area contributed by atoms with Crippen molar-refractivity contribution < 1.29 is 22.4 Å².